The van der Waals surface area contributed by atoms with Gasteiger partial charge in [0.05, 0.1) is 19.2 Å². The fraction of sp³-hybridized carbons (Fsp3) is 0.593. The molecule has 1 aromatic heterocycles. The van der Waals surface area contributed by atoms with Crippen molar-refractivity contribution in [2.75, 3.05) is 26.2 Å². The van der Waals surface area contributed by atoms with Gasteiger partial charge in [0, 0.05) is 35.9 Å². The zero-order valence-corrected chi connectivity index (χ0v) is 21.1. The summed E-state index contributed by atoms with van der Waals surface area (Å²) in [6, 6.07) is 8.18. The van der Waals surface area contributed by atoms with E-state index >= 15 is 0 Å². The number of benzene rings is 1. The summed E-state index contributed by atoms with van der Waals surface area (Å²) in [5.41, 5.74) is 8.81. The molecule has 2 atom stereocenters. The molecule has 8 heteroatoms. The van der Waals surface area contributed by atoms with E-state index in [2.05, 4.69) is 22.5 Å². The molecule has 0 bridgehead atoms. The highest BCUT2D eigenvalue weighted by Gasteiger charge is 2.37. The summed E-state index contributed by atoms with van der Waals surface area (Å²) in [6.07, 6.45) is 6.77. The second kappa shape index (κ2) is 11.2. The lowest BCUT2D eigenvalue weighted by Gasteiger charge is -2.39. The Hall–Kier alpha value is -2.87. The van der Waals surface area contributed by atoms with Crippen LogP contribution in [-0.2, 0) is 27.3 Å². The molecule has 35 heavy (non-hydrogen) atoms. The zero-order valence-electron chi connectivity index (χ0n) is 21.1. The maximum atomic E-state index is 13.6. The number of nitrogens with one attached hydrogen (secondary N) is 1. The number of nitrogen functional groups attached to an aromatic ring is 1. The van der Waals surface area contributed by atoms with Gasteiger partial charge in [0.25, 0.3) is 0 Å². The van der Waals surface area contributed by atoms with E-state index in [-0.39, 0.29) is 36.3 Å². The molecule has 4 rings (SSSR count). The van der Waals surface area contributed by atoms with Gasteiger partial charge in [-0.05, 0) is 82.9 Å². The molecule has 0 radical (unpaired) electrons. The summed E-state index contributed by atoms with van der Waals surface area (Å²) in [5, 5.41) is 8.92. The Morgan fingerprint density at radius 3 is 2.69 bits per heavy atom. The predicted molar refractivity (Wildman–Crippen MR) is 138 cm³/mol. The fourth-order valence-electron chi connectivity index (χ4n) is 5.82. The van der Waals surface area contributed by atoms with Crippen LogP contribution in [0.3, 0.4) is 0 Å². The number of carbonyl (C=O) groups is 2. The quantitative estimate of drug-likeness (QED) is 0.325. The monoisotopic (exact) mass is 481 g/mol. The Labute approximate surface area is 207 Å². The first kappa shape index (κ1) is 25.2. The number of piperidine rings is 1. The number of rotatable bonds is 9. The Morgan fingerprint density at radius 2 is 1.94 bits per heavy atom. The van der Waals surface area contributed by atoms with Crippen LogP contribution in [0.25, 0.3) is 10.9 Å². The third-order valence-corrected chi connectivity index (χ3v) is 7.55. The molecule has 0 saturated carbocycles. The molecule has 2 saturated heterocycles. The van der Waals surface area contributed by atoms with Gasteiger partial charge in [-0.25, -0.2) is 0 Å². The van der Waals surface area contributed by atoms with Crippen LogP contribution in [0.2, 0.25) is 0 Å². The van der Waals surface area contributed by atoms with Crippen molar-refractivity contribution in [1.29, 1.82) is 5.41 Å². The van der Waals surface area contributed by atoms with Crippen LogP contribution in [0.1, 0.15) is 63.6 Å². The predicted octanol–water partition coefficient (Wildman–Crippen LogP) is 3.29. The molecule has 8 nitrogen and oxygen atoms in total. The number of aromatic nitrogens is 1. The van der Waals surface area contributed by atoms with Crippen molar-refractivity contribution in [3.05, 3.63) is 35.5 Å². The topological polar surface area (TPSA) is 105 Å². The number of aryl methyl sites for hydroxylation is 2. The highest BCUT2D eigenvalue weighted by molar-refractivity contribution is 5.98. The number of esters is 1. The third-order valence-electron chi connectivity index (χ3n) is 7.55. The van der Waals surface area contributed by atoms with Crippen LogP contribution < -0.4 is 5.73 Å². The third kappa shape index (κ3) is 5.53. The van der Waals surface area contributed by atoms with Crippen molar-refractivity contribution in [1.82, 2.24) is 14.4 Å². The second-order valence-corrected chi connectivity index (χ2v) is 9.72. The molecular formula is C27H39N5O3. The molecule has 1 aromatic carbocycles. The Balaban J connectivity index is 1.47. The molecule has 1 amide bonds. The molecular weight excluding hydrogens is 442 g/mol. The average molecular weight is 482 g/mol. The van der Waals surface area contributed by atoms with Crippen LogP contribution in [0.15, 0.2) is 24.3 Å². The van der Waals surface area contributed by atoms with E-state index in [0.29, 0.717) is 6.61 Å². The maximum Gasteiger partial charge on any atom is 0.320 e. The van der Waals surface area contributed by atoms with Crippen molar-refractivity contribution in [3.8, 4) is 0 Å². The van der Waals surface area contributed by atoms with Gasteiger partial charge in [-0.15, -0.1) is 0 Å². The number of hydrogen-bond donors (Lipinski definition) is 2. The molecule has 0 spiro atoms. The van der Waals surface area contributed by atoms with E-state index in [1.807, 2.05) is 30.0 Å². The van der Waals surface area contributed by atoms with E-state index in [9.17, 15) is 9.59 Å². The number of nitrogens with two attached hydrogens (primary N) is 1. The number of nitrogens with zero attached hydrogens (tertiary/aromatic N) is 3. The van der Waals surface area contributed by atoms with Gasteiger partial charge >= 0.3 is 5.97 Å². The van der Waals surface area contributed by atoms with Crippen molar-refractivity contribution in [2.24, 2.45) is 5.73 Å². The SMILES string of the molecule is CCOC(=O)CN1CCC[C@@H]1C(=O)N1CCCC[C@H]1CCc1cc2ccc(C(=N)N)cc2n1CC. The van der Waals surface area contributed by atoms with E-state index in [1.54, 1.807) is 0 Å². The second-order valence-electron chi connectivity index (χ2n) is 9.72. The lowest BCUT2D eigenvalue weighted by atomic mass is 9.96. The van der Waals surface area contributed by atoms with E-state index in [4.69, 9.17) is 15.9 Å². The van der Waals surface area contributed by atoms with Gasteiger partial charge in [-0.2, -0.15) is 0 Å². The van der Waals surface area contributed by atoms with Crippen LogP contribution in [-0.4, -0.2) is 70.4 Å². The first-order valence-corrected chi connectivity index (χ1v) is 13.1. The zero-order chi connectivity index (χ0) is 24.9. The fourth-order valence-corrected chi connectivity index (χ4v) is 5.82. The van der Waals surface area contributed by atoms with E-state index in [1.165, 1.54) is 5.69 Å². The molecule has 3 N–H and O–H groups in total. The molecule has 2 aliphatic heterocycles. The van der Waals surface area contributed by atoms with Gasteiger partial charge in [-0.1, -0.05) is 12.1 Å². The standard InChI is InChI=1S/C27H39N5O3/c1-3-31-22(16-19-10-11-20(26(28)29)17-24(19)31)13-12-21-8-5-6-15-32(21)27(34)23-9-7-14-30(23)18-25(33)35-4-2/h10-11,16-17,21,23H,3-9,12-15,18H2,1-2H3,(H3,28,29)/t21-,23+/m0/s1. The molecule has 0 aliphatic carbocycles. The molecule has 0 unspecified atom stereocenters. The molecule has 190 valence electrons. The minimum Gasteiger partial charge on any atom is -0.465 e. The smallest absolute Gasteiger partial charge is 0.320 e. The molecule has 2 aromatic rings. The van der Waals surface area contributed by atoms with Gasteiger partial charge in [0.15, 0.2) is 0 Å². The number of amidine groups is 1. The van der Waals surface area contributed by atoms with Gasteiger partial charge in [0.2, 0.25) is 5.91 Å². The highest BCUT2D eigenvalue weighted by atomic mass is 16.5. The number of hydrogen-bond acceptors (Lipinski definition) is 5. The lowest BCUT2D eigenvalue weighted by Crippen LogP contribution is -2.52. The first-order valence-electron chi connectivity index (χ1n) is 13.1. The number of likely N-dealkylation sites (tertiary alicyclic amines) is 2. The summed E-state index contributed by atoms with van der Waals surface area (Å²) in [5.74, 6) is 0.0129. The minimum absolute atomic E-state index is 0.0811. The van der Waals surface area contributed by atoms with Crippen molar-refractivity contribution >= 4 is 28.6 Å². The largest absolute Gasteiger partial charge is 0.465 e. The Kier molecular flexibility index (Phi) is 8.11. The van der Waals surface area contributed by atoms with Gasteiger partial charge in [-0.3, -0.25) is 19.9 Å². The van der Waals surface area contributed by atoms with Crippen LogP contribution in [0, 0.1) is 5.41 Å². The van der Waals surface area contributed by atoms with Crippen molar-refractivity contribution in [2.45, 2.75) is 77.4 Å². The summed E-state index contributed by atoms with van der Waals surface area (Å²) in [7, 11) is 0. The molecule has 3 heterocycles. The summed E-state index contributed by atoms with van der Waals surface area (Å²) in [6.45, 7) is 6.92. The number of fused-ring (bicyclic) bond motifs is 1. The molecule has 2 aliphatic rings. The lowest BCUT2D eigenvalue weighted by molar-refractivity contribution is -0.147. The number of carbonyl (C=O) groups excluding carboxylic acids is 2. The Bertz CT molecular complexity index is 1080. The van der Waals surface area contributed by atoms with Gasteiger partial charge < -0.3 is 19.9 Å². The normalized spacial score (nSPS) is 20.9. The highest BCUT2D eigenvalue weighted by Crippen LogP contribution is 2.28. The van der Waals surface area contributed by atoms with Crippen LogP contribution in [0.4, 0.5) is 0 Å². The molecule has 2 fully saturated rings. The first-order chi connectivity index (χ1) is 16.9. The summed E-state index contributed by atoms with van der Waals surface area (Å²) in [4.78, 5) is 29.8. The minimum atomic E-state index is -0.247. The maximum absolute atomic E-state index is 13.6. The Morgan fingerprint density at radius 1 is 1.11 bits per heavy atom. The van der Waals surface area contributed by atoms with E-state index < -0.39 is 0 Å². The van der Waals surface area contributed by atoms with E-state index in [0.717, 1.165) is 81.0 Å². The summed E-state index contributed by atoms with van der Waals surface area (Å²) >= 11 is 0. The van der Waals surface area contributed by atoms with Crippen LogP contribution >= 0.6 is 0 Å². The van der Waals surface area contributed by atoms with Crippen molar-refractivity contribution < 1.29 is 14.3 Å². The average Bonchev–Trinajstić information content (AvgIpc) is 3.45. The summed E-state index contributed by atoms with van der Waals surface area (Å²) < 4.78 is 7.43. The number of amides is 1. The van der Waals surface area contributed by atoms with Gasteiger partial charge in [0.1, 0.15) is 5.84 Å². The number of ether oxygens (including phenoxy) is 1. The van der Waals surface area contributed by atoms with Crippen molar-refractivity contribution in [3.63, 3.8) is 0 Å². The van der Waals surface area contributed by atoms with Crippen LogP contribution in [0.5, 0.6) is 0 Å².